The van der Waals surface area contributed by atoms with Gasteiger partial charge in [-0.3, -0.25) is 4.79 Å². The summed E-state index contributed by atoms with van der Waals surface area (Å²) >= 11 is 0. The smallest absolute Gasteiger partial charge is 0.161 e. The molecule has 0 spiro atoms. The van der Waals surface area contributed by atoms with Gasteiger partial charge in [0.2, 0.25) is 0 Å². The average molecular weight is 220 g/mol. The lowest BCUT2D eigenvalue weighted by Crippen LogP contribution is -2.04. The van der Waals surface area contributed by atoms with Gasteiger partial charge in [0.1, 0.15) is 5.78 Å². The van der Waals surface area contributed by atoms with Crippen molar-refractivity contribution in [2.75, 3.05) is 14.2 Å². The number of Topliss-reactive ketones (excluding diaryl/α,β-unsaturated/α-hetero) is 1. The summed E-state index contributed by atoms with van der Waals surface area (Å²) in [5.74, 6) is 1.79. The molecule has 3 nitrogen and oxygen atoms in total. The van der Waals surface area contributed by atoms with E-state index >= 15 is 0 Å². The monoisotopic (exact) mass is 220 g/mol. The predicted octanol–water partition coefficient (Wildman–Crippen LogP) is 2.54. The summed E-state index contributed by atoms with van der Waals surface area (Å²) in [6.07, 6.45) is 2.66. The van der Waals surface area contributed by atoms with Crippen molar-refractivity contribution in [1.29, 1.82) is 0 Å². The van der Waals surface area contributed by atoms with E-state index < -0.39 is 0 Å². The predicted molar refractivity (Wildman–Crippen MR) is 61.1 cm³/mol. The number of carbonyl (C=O) groups excluding carboxylic acids is 1. The van der Waals surface area contributed by atoms with Crippen LogP contribution in [-0.2, 0) is 4.79 Å². The first-order valence-electron chi connectivity index (χ1n) is 5.51. The van der Waals surface area contributed by atoms with Crippen LogP contribution in [0, 0.1) is 0 Å². The van der Waals surface area contributed by atoms with E-state index in [9.17, 15) is 4.79 Å². The lowest BCUT2D eigenvalue weighted by molar-refractivity contribution is -0.118. The van der Waals surface area contributed by atoms with Crippen molar-refractivity contribution in [3.63, 3.8) is 0 Å². The van der Waals surface area contributed by atoms with E-state index in [1.165, 1.54) is 0 Å². The van der Waals surface area contributed by atoms with Crippen LogP contribution in [0.3, 0.4) is 0 Å². The van der Waals surface area contributed by atoms with Crippen LogP contribution in [0.15, 0.2) is 18.2 Å². The summed E-state index contributed by atoms with van der Waals surface area (Å²) in [6.45, 7) is 0. The summed E-state index contributed by atoms with van der Waals surface area (Å²) in [6, 6.07) is 5.72. The molecule has 1 aliphatic rings. The van der Waals surface area contributed by atoms with Crippen LogP contribution in [0.1, 0.15) is 30.7 Å². The second-order valence-electron chi connectivity index (χ2n) is 4.03. The Bertz CT molecular complexity index is 398. The first kappa shape index (κ1) is 11.0. The van der Waals surface area contributed by atoms with Crippen molar-refractivity contribution in [3.05, 3.63) is 23.8 Å². The molecule has 2 rings (SSSR count). The Balaban J connectivity index is 2.32. The van der Waals surface area contributed by atoms with Gasteiger partial charge in [-0.15, -0.1) is 0 Å². The molecular formula is C13H16O3. The highest BCUT2D eigenvalue weighted by atomic mass is 16.5. The number of benzene rings is 1. The van der Waals surface area contributed by atoms with E-state index in [2.05, 4.69) is 0 Å². The number of ketones is 1. The van der Waals surface area contributed by atoms with Gasteiger partial charge in [-0.25, -0.2) is 0 Å². The molecule has 0 aromatic heterocycles. The zero-order valence-electron chi connectivity index (χ0n) is 9.66. The molecule has 16 heavy (non-hydrogen) atoms. The van der Waals surface area contributed by atoms with Gasteiger partial charge in [0, 0.05) is 12.3 Å². The topological polar surface area (TPSA) is 35.5 Å². The number of hydrogen-bond acceptors (Lipinski definition) is 3. The SMILES string of the molecule is COc1ccc(C2CCCC2=O)cc1OC. The van der Waals surface area contributed by atoms with E-state index in [1.807, 2.05) is 18.2 Å². The lowest BCUT2D eigenvalue weighted by Gasteiger charge is -2.12. The standard InChI is InChI=1S/C13H16O3/c1-15-12-7-6-9(8-13(12)16-2)10-4-3-5-11(10)14/h6-8,10H,3-5H2,1-2H3. The molecule has 3 heteroatoms. The Morgan fingerprint density at radius 2 is 1.94 bits per heavy atom. The minimum atomic E-state index is 0.0554. The normalized spacial score (nSPS) is 19.9. The molecule has 0 heterocycles. The summed E-state index contributed by atoms with van der Waals surface area (Å²) in [7, 11) is 3.22. The van der Waals surface area contributed by atoms with Crippen molar-refractivity contribution in [3.8, 4) is 11.5 Å². The van der Waals surface area contributed by atoms with Gasteiger partial charge in [-0.1, -0.05) is 6.07 Å². The van der Waals surface area contributed by atoms with Crippen LogP contribution >= 0.6 is 0 Å². The van der Waals surface area contributed by atoms with E-state index in [-0.39, 0.29) is 5.92 Å². The fourth-order valence-corrected chi connectivity index (χ4v) is 2.24. The molecule has 0 aliphatic heterocycles. The Morgan fingerprint density at radius 3 is 2.50 bits per heavy atom. The van der Waals surface area contributed by atoms with Crippen LogP contribution in [-0.4, -0.2) is 20.0 Å². The van der Waals surface area contributed by atoms with Gasteiger partial charge in [0.15, 0.2) is 11.5 Å². The second-order valence-corrected chi connectivity index (χ2v) is 4.03. The minimum Gasteiger partial charge on any atom is -0.493 e. The number of hydrogen-bond donors (Lipinski definition) is 0. The maximum atomic E-state index is 11.7. The first-order chi connectivity index (χ1) is 7.76. The molecule has 1 aliphatic carbocycles. The minimum absolute atomic E-state index is 0.0554. The third-order valence-electron chi connectivity index (χ3n) is 3.11. The van der Waals surface area contributed by atoms with Crippen LogP contribution in [0.2, 0.25) is 0 Å². The lowest BCUT2D eigenvalue weighted by atomic mass is 9.96. The number of methoxy groups -OCH3 is 2. The molecule has 0 N–H and O–H groups in total. The van der Waals surface area contributed by atoms with E-state index in [0.717, 1.165) is 18.4 Å². The summed E-state index contributed by atoms with van der Waals surface area (Å²) in [4.78, 5) is 11.7. The molecule has 1 saturated carbocycles. The largest absolute Gasteiger partial charge is 0.493 e. The van der Waals surface area contributed by atoms with Crippen LogP contribution in [0.4, 0.5) is 0 Å². The van der Waals surface area contributed by atoms with Crippen molar-refractivity contribution in [2.24, 2.45) is 0 Å². The number of carbonyl (C=O) groups is 1. The van der Waals surface area contributed by atoms with Crippen molar-refractivity contribution in [2.45, 2.75) is 25.2 Å². The molecule has 1 unspecified atom stereocenters. The quantitative estimate of drug-likeness (QED) is 0.785. The van der Waals surface area contributed by atoms with Gasteiger partial charge < -0.3 is 9.47 Å². The van der Waals surface area contributed by atoms with E-state index in [1.54, 1.807) is 14.2 Å². The Labute approximate surface area is 95.4 Å². The average Bonchev–Trinajstić information content (AvgIpc) is 2.74. The summed E-state index contributed by atoms with van der Waals surface area (Å²) in [5.41, 5.74) is 1.04. The highest BCUT2D eigenvalue weighted by Crippen LogP contribution is 2.36. The second kappa shape index (κ2) is 4.56. The molecule has 0 amide bonds. The summed E-state index contributed by atoms with van der Waals surface area (Å²) < 4.78 is 10.4. The Morgan fingerprint density at radius 1 is 1.19 bits per heavy atom. The van der Waals surface area contributed by atoms with Crippen molar-refractivity contribution < 1.29 is 14.3 Å². The zero-order chi connectivity index (χ0) is 11.5. The highest BCUT2D eigenvalue weighted by molar-refractivity contribution is 5.87. The molecule has 1 atom stereocenters. The Kier molecular flexibility index (Phi) is 3.13. The van der Waals surface area contributed by atoms with Gasteiger partial charge in [-0.2, -0.15) is 0 Å². The van der Waals surface area contributed by atoms with Crippen molar-refractivity contribution in [1.82, 2.24) is 0 Å². The van der Waals surface area contributed by atoms with Gasteiger partial charge in [-0.05, 0) is 30.5 Å². The van der Waals surface area contributed by atoms with Gasteiger partial charge in [0.05, 0.1) is 14.2 Å². The molecule has 0 bridgehead atoms. The third-order valence-corrected chi connectivity index (χ3v) is 3.11. The van der Waals surface area contributed by atoms with Gasteiger partial charge >= 0.3 is 0 Å². The zero-order valence-corrected chi connectivity index (χ0v) is 9.66. The fraction of sp³-hybridized carbons (Fsp3) is 0.462. The molecule has 1 fully saturated rings. The molecule has 86 valence electrons. The highest BCUT2D eigenvalue weighted by Gasteiger charge is 2.26. The molecule has 0 radical (unpaired) electrons. The van der Waals surface area contributed by atoms with E-state index in [4.69, 9.17) is 9.47 Å². The number of ether oxygens (including phenoxy) is 2. The molecular weight excluding hydrogens is 204 g/mol. The van der Waals surface area contributed by atoms with Gasteiger partial charge in [0.25, 0.3) is 0 Å². The maximum absolute atomic E-state index is 11.7. The molecule has 1 aromatic carbocycles. The fourth-order valence-electron chi connectivity index (χ4n) is 2.24. The summed E-state index contributed by atoms with van der Waals surface area (Å²) in [5, 5.41) is 0. The molecule has 1 aromatic rings. The Hall–Kier alpha value is -1.51. The van der Waals surface area contributed by atoms with Crippen molar-refractivity contribution >= 4 is 5.78 Å². The first-order valence-corrected chi connectivity index (χ1v) is 5.51. The molecule has 0 saturated heterocycles. The van der Waals surface area contributed by atoms with Crippen LogP contribution in [0.5, 0.6) is 11.5 Å². The van der Waals surface area contributed by atoms with Crippen LogP contribution < -0.4 is 9.47 Å². The third kappa shape index (κ3) is 1.90. The van der Waals surface area contributed by atoms with E-state index in [0.29, 0.717) is 23.7 Å². The van der Waals surface area contributed by atoms with Crippen LogP contribution in [0.25, 0.3) is 0 Å². The number of rotatable bonds is 3. The maximum Gasteiger partial charge on any atom is 0.161 e.